The van der Waals surface area contributed by atoms with E-state index >= 15 is 0 Å². The summed E-state index contributed by atoms with van der Waals surface area (Å²) < 4.78 is 17.8. The fraction of sp³-hybridized carbons (Fsp3) is 0.263. The van der Waals surface area contributed by atoms with Crippen molar-refractivity contribution in [1.29, 1.82) is 0 Å². The van der Waals surface area contributed by atoms with E-state index in [1.807, 2.05) is 36.4 Å². The average molecular weight is 294 g/mol. The maximum absolute atomic E-state index is 6.23. The molecule has 0 amide bonds. The molecule has 3 heteroatoms. The normalized spacial score (nSPS) is 17.6. The predicted molar refractivity (Wildman–Crippen MR) is 85.4 cm³/mol. The van der Waals surface area contributed by atoms with Gasteiger partial charge in [0.05, 0.1) is 12.7 Å². The number of hydrogen-bond donors (Lipinski definition) is 0. The molecule has 2 aliphatic heterocycles. The Labute approximate surface area is 130 Å². The van der Waals surface area contributed by atoms with Crippen molar-refractivity contribution in [3.05, 3.63) is 59.2 Å². The van der Waals surface area contributed by atoms with Crippen molar-refractivity contribution in [2.75, 3.05) is 7.11 Å². The summed E-state index contributed by atoms with van der Waals surface area (Å²) in [5.41, 5.74) is 2.98. The molecule has 4 rings (SSSR count). The summed E-state index contributed by atoms with van der Waals surface area (Å²) in [6.45, 7) is 4.17. The smallest absolute Gasteiger partial charge is 0.141 e. The molecule has 112 valence electrons. The van der Waals surface area contributed by atoms with Crippen LogP contribution in [0.25, 0.3) is 5.76 Å². The minimum atomic E-state index is -0.401. The number of methoxy groups -OCH3 is 1. The van der Waals surface area contributed by atoms with Crippen LogP contribution in [0.4, 0.5) is 0 Å². The van der Waals surface area contributed by atoms with Gasteiger partial charge in [-0.2, -0.15) is 0 Å². The van der Waals surface area contributed by atoms with E-state index in [0.717, 1.165) is 35.0 Å². The maximum atomic E-state index is 6.23. The summed E-state index contributed by atoms with van der Waals surface area (Å²) in [6, 6.07) is 14.0. The highest BCUT2D eigenvalue weighted by molar-refractivity contribution is 5.76. The van der Waals surface area contributed by atoms with E-state index in [9.17, 15) is 0 Å². The molecule has 0 aliphatic carbocycles. The third kappa shape index (κ3) is 1.89. The van der Waals surface area contributed by atoms with E-state index < -0.39 is 5.60 Å². The monoisotopic (exact) mass is 294 g/mol. The van der Waals surface area contributed by atoms with Crippen LogP contribution in [-0.2, 0) is 6.42 Å². The zero-order valence-electron chi connectivity index (χ0n) is 13.0. The molecule has 2 aliphatic rings. The molecule has 2 heterocycles. The second-order valence-electron chi connectivity index (χ2n) is 6.17. The van der Waals surface area contributed by atoms with Gasteiger partial charge < -0.3 is 14.2 Å². The van der Waals surface area contributed by atoms with Crippen molar-refractivity contribution in [2.45, 2.75) is 25.9 Å². The third-order valence-electron chi connectivity index (χ3n) is 4.35. The molecule has 0 bridgehead atoms. The Morgan fingerprint density at radius 1 is 1.05 bits per heavy atom. The summed E-state index contributed by atoms with van der Waals surface area (Å²) in [4.78, 5) is 0. The average Bonchev–Trinajstić information content (AvgIpc) is 2.52. The first-order chi connectivity index (χ1) is 10.6. The zero-order chi connectivity index (χ0) is 15.3. The Morgan fingerprint density at radius 2 is 1.86 bits per heavy atom. The first kappa shape index (κ1) is 13.3. The largest absolute Gasteiger partial charge is 0.497 e. The number of rotatable bonds is 1. The van der Waals surface area contributed by atoms with Gasteiger partial charge in [-0.25, -0.2) is 0 Å². The second-order valence-corrected chi connectivity index (χ2v) is 6.17. The Hall–Kier alpha value is -2.42. The highest BCUT2D eigenvalue weighted by atomic mass is 16.5. The Bertz CT molecular complexity index is 787. The highest BCUT2D eigenvalue weighted by Crippen LogP contribution is 2.47. The molecule has 0 saturated carbocycles. The lowest BCUT2D eigenvalue weighted by Gasteiger charge is -2.39. The topological polar surface area (TPSA) is 27.7 Å². The molecule has 0 spiro atoms. The van der Waals surface area contributed by atoms with Gasteiger partial charge in [0, 0.05) is 18.1 Å². The Morgan fingerprint density at radius 3 is 2.68 bits per heavy atom. The van der Waals surface area contributed by atoms with Crippen LogP contribution in [0, 0.1) is 0 Å². The van der Waals surface area contributed by atoms with Gasteiger partial charge in [-0.1, -0.05) is 18.2 Å². The van der Waals surface area contributed by atoms with Crippen LogP contribution in [0.15, 0.2) is 48.0 Å². The van der Waals surface area contributed by atoms with Crippen molar-refractivity contribution in [3.63, 3.8) is 0 Å². The quantitative estimate of drug-likeness (QED) is 0.788. The number of para-hydroxylation sites is 1. The van der Waals surface area contributed by atoms with E-state index in [1.54, 1.807) is 7.11 Å². The van der Waals surface area contributed by atoms with Crippen LogP contribution in [0.3, 0.4) is 0 Å². The van der Waals surface area contributed by atoms with Gasteiger partial charge in [0.1, 0.15) is 28.6 Å². The number of ether oxygens (including phenoxy) is 3. The van der Waals surface area contributed by atoms with Crippen molar-refractivity contribution >= 4 is 5.76 Å². The van der Waals surface area contributed by atoms with Crippen LogP contribution < -0.4 is 14.2 Å². The van der Waals surface area contributed by atoms with Crippen LogP contribution in [-0.4, -0.2) is 12.7 Å². The molecule has 2 aromatic rings. The van der Waals surface area contributed by atoms with Crippen LogP contribution in [0.1, 0.15) is 25.0 Å². The second kappa shape index (κ2) is 4.54. The number of fused-ring (bicyclic) bond motifs is 3. The van der Waals surface area contributed by atoms with Crippen molar-refractivity contribution < 1.29 is 14.2 Å². The first-order valence-electron chi connectivity index (χ1n) is 7.45. The highest BCUT2D eigenvalue weighted by Gasteiger charge is 2.39. The van der Waals surface area contributed by atoms with Crippen LogP contribution in [0.2, 0.25) is 0 Å². The van der Waals surface area contributed by atoms with Gasteiger partial charge in [0.25, 0.3) is 0 Å². The summed E-state index contributed by atoms with van der Waals surface area (Å²) >= 11 is 0. The van der Waals surface area contributed by atoms with Gasteiger partial charge in [0.2, 0.25) is 0 Å². The third-order valence-corrected chi connectivity index (χ3v) is 4.35. The van der Waals surface area contributed by atoms with Crippen LogP contribution in [0.5, 0.6) is 17.2 Å². The summed E-state index contributed by atoms with van der Waals surface area (Å²) in [5, 5.41) is 0. The molecular weight excluding hydrogens is 276 g/mol. The zero-order valence-corrected chi connectivity index (χ0v) is 13.0. The van der Waals surface area contributed by atoms with E-state index in [4.69, 9.17) is 14.2 Å². The van der Waals surface area contributed by atoms with Crippen molar-refractivity contribution in [3.8, 4) is 17.2 Å². The fourth-order valence-electron chi connectivity index (χ4n) is 3.13. The SMILES string of the molecule is COc1ccc2c(c1)OC(C)(C)C1=C2Oc2ccccc2C1. The van der Waals surface area contributed by atoms with Gasteiger partial charge in [0.15, 0.2) is 0 Å². The first-order valence-corrected chi connectivity index (χ1v) is 7.45. The molecule has 22 heavy (non-hydrogen) atoms. The molecule has 0 saturated heterocycles. The van der Waals surface area contributed by atoms with Gasteiger partial charge in [-0.15, -0.1) is 0 Å². The summed E-state index contributed by atoms with van der Waals surface area (Å²) in [5.74, 6) is 3.45. The number of benzene rings is 2. The minimum Gasteiger partial charge on any atom is -0.497 e. The Kier molecular flexibility index (Phi) is 2.73. The molecule has 0 atom stereocenters. The molecule has 3 nitrogen and oxygen atoms in total. The van der Waals surface area contributed by atoms with E-state index in [-0.39, 0.29) is 0 Å². The molecule has 0 radical (unpaired) electrons. The lowest BCUT2D eigenvalue weighted by atomic mass is 9.84. The molecule has 0 fully saturated rings. The number of hydrogen-bond acceptors (Lipinski definition) is 3. The predicted octanol–water partition coefficient (Wildman–Crippen LogP) is 4.21. The summed E-state index contributed by atoms with van der Waals surface area (Å²) in [7, 11) is 1.66. The lowest BCUT2D eigenvalue weighted by molar-refractivity contribution is 0.135. The van der Waals surface area contributed by atoms with Crippen LogP contribution >= 0.6 is 0 Å². The van der Waals surface area contributed by atoms with Gasteiger partial charge >= 0.3 is 0 Å². The minimum absolute atomic E-state index is 0.401. The van der Waals surface area contributed by atoms with E-state index in [1.165, 1.54) is 11.1 Å². The van der Waals surface area contributed by atoms with Crippen molar-refractivity contribution in [1.82, 2.24) is 0 Å². The Balaban J connectivity index is 1.89. The maximum Gasteiger partial charge on any atom is 0.141 e. The standard InChI is InChI=1S/C19H18O3/c1-19(2)15-10-12-6-4-5-7-16(12)21-18(15)14-9-8-13(20-3)11-17(14)22-19/h4-9,11H,10H2,1-3H3. The van der Waals surface area contributed by atoms with E-state index in [0.29, 0.717) is 0 Å². The van der Waals surface area contributed by atoms with E-state index in [2.05, 4.69) is 19.9 Å². The van der Waals surface area contributed by atoms with Gasteiger partial charge in [-0.3, -0.25) is 0 Å². The lowest BCUT2D eigenvalue weighted by Crippen LogP contribution is -2.37. The summed E-state index contributed by atoms with van der Waals surface area (Å²) in [6.07, 6.45) is 0.851. The molecule has 0 N–H and O–H groups in total. The van der Waals surface area contributed by atoms with Gasteiger partial charge in [-0.05, 0) is 37.6 Å². The molecule has 0 unspecified atom stereocenters. The molecule has 2 aromatic carbocycles. The molecular formula is C19H18O3. The van der Waals surface area contributed by atoms with Crippen molar-refractivity contribution in [2.24, 2.45) is 0 Å². The molecule has 0 aromatic heterocycles. The fourth-order valence-corrected chi connectivity index (χ4v) is 3.13.